The fourth-order valence-corrected chi connectivity index (χ4v) is 2.96. The first-order valence-electron chi connectivity index (χ1n) is 7.02. The van der Waals surface area contributed by atoms with Crippen LogP contribution >= 0.6 is 11.8 Å². The standard InChI is InChI=1S/C18H18N2OS/c1-13-6-7-14(2)16(8-13)11-22-12-18(21)20-17-5-3-4-15(9-17)10-19/h3-9H,11-12H2,1-2H3,(H,20,21). The zero-order valence-electron chi connectivity index (χ0n) is 12.7. The van der Waals surface area contributed by atoms with Crippen molar-refractivity contribution in [3.05, 3.63) is 64.7 Å². The molecule has 22 heavy (non-hydrogen) atoms. The smallest absolute Gasteiger partial charge is 0.234 e. The molecule has 3 nitrogen and oxygen atoms in total. The third-order valence-electron chi connectivity index (χ3n) is 3.27. The second-order valence-electron chi connectivity index (χ2n) is 5.16. The summed E-state index contributed by atoms with van der Waals surface area (Å²) in [5.41, 5.74) is 4.96. The van der Waals surface area contributed by atoms with Gasteiger partial charge in [-0.1, -0.05) is 29.8 Å². The molecule has 1 N–H and O–H groups in total. The first kappa shape index (κ1) is 16.1. The SMILES string of the molecule is Cc1ccc(C)c(CSCC(=O)Nc2cccc(C#N)c2)c1. The second-order valence-corrected chi connectivity index (χ2v) is 6.15. The van der Waals surface area contributed by atoms with E-state index in [0.717, 1.165) is 5.75 Å². The van der Waals surface area contributed by atoms with Crippen molar-refractivity contribution in [3.8, 4) is 6.07 Å². The van der Waals surface area contributed by atoms with E-state index < -0.39 is 0 Å². The summed E-state index contributed by atoms with van der Waals surface area (Å²) < 4.78 is 0. The van der Waals surface area contributed by atoms with Crippen molar-refractivity contribution < 1.29 is 4.79 Å². The Kier molecular flexibility index (Phi) is 5.62. The van der Waals surface area contributed by atoms with Crippen LogP contribution in [0.3, 0.4) is 0 Å². The van der Waals surface area contributed by atoms with Crippen LogP contribution in [0.15, 0.2) is 42.5 Å². The van der Waals surface area contributed by atoms with Crippen LogP contribution in [0.2, 0.25) is 0 Å². The van der Waals surface area contributed by atoms with Gasteiger partial charge in [-0.3, -0.25) is 4.79 Å². The molecule has 0 heterocycles. The minimum atomic E-state index is -0.0506. The van der Waals surface area contributed by atoms with Gasteiger partial charge >= 0.3 is 0 Å². The van der Waals surface area contributed by atoms with Crippen LogP contribution in [0, 0.1) is 25.2 Å². The molecule has 0 fully saturated rings. The van der Waals surface area contributed by atoms with E-state index in [-0.39, 0.29) is 5.91 Å². The van der Waals surface area contributed by atoms with Crippen molar-refractivity contribution in [2.75, 3.05) is 11.1 Å². The van der Waals surface area contributed by atoms with Crippen LogP contribution in [0.5, 0.6) is 0 Å². The van der Waals surface area contributed by atoms with Gasteiger partial charge in [-0.2, -0.15) is 5.26 Å². The molecule has 0 atom stereocenters. The van der Waals surface area contributed by atoms with Crippen molar-refractivity contribution in [1.82, 2.24) is 0 Å². The Balaban J connectivity index is 1.85. The number of amides is 1. The highest BCUT2D eigenvalue weighted by Crippen LogP contribution is 2.18. The number of anilines is 1. The Hall–Kier alpha value is -2.25. The molecule has 0 radical (unpaired) electrons. The van der Waals surface area contributed by atoms with E-state index in [4.69, 9.17) is 5.26 Å². The van der Waals surface area contributed by atoms with Crippen LogP contribution < -0.4 is 5.32 Å². The van der Waals surface area contributed by atoms with Crippen LogP contribution in [-0.2, 0) is 10.5 Å². The normalized spacial score (nSPS) is 10.0. The first-order valence-corrected chi connectivity index (χ1v) is 8.18. The molecule has 0 aromatic heterocycles. The summed E-state index contributed by atoms with van der Waals surface area (Å²) in [6.45, 7) is 4.16. The first-order chi connectivity index (χ1) is 10.6. The van der Waals surface area contributed by atoms with Gasteiger partial charge in [0.25, 0.3) is 0 Å². The molecular formula is C18H18N2OS. The minimum absolute atomic E-state index is 0.0506. The molecule has 0 saturated carbocycles. The summed E-state index contributed by atoms with van der Waals surface area (Å²) in [5.74, 6) is 1.16. The molecule has 0 unspecified atom stereocenters. The number of carbonyl (C=O) groups is 1. The number of benzene rings is 2. The summed E-state index contributed by atoms with van der Waals surface area (Å²) >= 11 is 1.59. The molecule has 0 saturated heterocycles. The van der Waals surface area contributed by atoms with Gasteiger partial charge in [-0.05, 0) is 43.2 Å². The third-order valence-corrected chi connectivity index (χ3v) is 4.25. The highest BCUT2D eigenvalue weighted by Gasteiger charge is 2.05. The number of nitrogens with zero attached hydrogens (tertiary/aromatic N) is 1. The monoisotopic (exact) mass is 310 g/mol. The Morgan fingerprint density at radius 3 is 2.82 bits per heavy atom. The van der Waals surface area contributed by atoms with Crippen molar-refractivity contribution >= 4 is 23.4 Å². The third kappa shape index (κ3) is 4.64. The number of aryl methyl sites for hydroxylation is 2. The molecule has 2 rings (SSSR count). The van der Waals surface area contributed by atoms with E-state index in [1.54, 1.807) is 36.0 Å². The zero-order chi connectivity index (χ0) is 15.9. The molecule has 0 aliphatic heterocycles. The fraction of sp³-hybridized carbons (Fsp3) is 0.222. The Morgan fingerprint density at radius 1 is 1.23 bits per heavy atom. The molecule has 0 aliphatic carbocycles. The lowest BCUT2D eigenvalue weighted by Crippen LogP contribution is -2.14. The molecule has 4 heteroatoms. The summed E-state index contributed by atoms with van der Waals surface area (Å²) in [6, 6.07) is 15.4. The average molecular weight is 310 g/mol. The number of hydrogen-bond acceptors (Lipinski definition) is 3. The Labute approximate surface area is 135 Å². The molecule has 0 spiro atoms. The fourth-order valence-electron chi connectivity index (χ4n) is 2.07. The summed E-state index contributed by atoms with van der Waals surface area (Å²) in [6.07, 6.45) is 0. The topological polar surface area (TPSA) is 52.9 Å². The maximum absolute atomic E-state index is 11.9. The van der Waals surface area contributed by atoms with Gasteiger partial charge in [0.2, 0.25) is 5.91 Å². The van der Waals surface area contributed by atoms with E-state index in [1.807, 2.05) is 0 Å². The predicted molar refractivity (Wildman–Crippen MR) is 91.9 cm³/mol. The summed E-state index contributed by atoms with van der Waals surface area (Å²) in [7, 11) is 0. The molecule has 1 amide bonds. The van der Waals surface area contributed by atoms with Crippen LogP contribution in [0.4, 0.5) is 5.69 Å². The van der Waals surface area contributed by atoms with E-state index in [0.29, 0.717) is 17.0 Å². The largest absolute Gasteiger partial charge is 0.325 e. The summed E-state index contributed by atoms with van der Waals surface area (Å²) in [5, 5.41) is 11.7. The number of rotatable bonds is 5. The van der Waals surface area contributed by atoms with Crippen LogP contribution in [0.25, 0.3) is 0 Å². The van der Waals surface area contributed by atoms with E-state index in [1.165, 1.54) is 16.7 Å². The molecule has 0 bridgehead atoms. The van der Waals surface area contributed by atoms with Crippen molar-refractivity contribution in [2.24, 2.45) is 0 Å². The Bertz CT molecular complexity index is 719. The maximum Gasteiger partial charge on any atom is 0.234 e. The van der Waals surface area contributed by atoms with E-state index in [2.05, 4.69) is 43.4 Å². The lowest BCUT2D eigenvalue weighted by atomic mass is 10.1. The Morgan fingerprint density at radius 2 is 2.05 bits per heavy atom. The molecule has 2 aromatic rings. The zero-order valence-corrected chi connectivity index (χ0v) is 13.5. The second kappa shape index (κ2) is 7.67. The lowest BCUT2D eigenvalue weighted by Gasteiger charge is -2.08. The van der Waals surface area contributed by atoms with Crippen LogP contribution in [0.1, 0.15) is 22.3 Å². The van der Waals surface area contributed by atoms with Gasteiger partial charge in [0.05, 0.1) is 17.4 Å². The maximum atomic E-state index is 11.9. The summed E-state index contributed by atoms with van der Waals surface area (Å²) in [4.78, 5) is 11.9. The van der Waals surface area contributed by atoms with Gasteiger partial charge in [0, 0.05) is 11.4 Å². The number of thioether (sulfide) groups is 1. The van der Waals surface area contributed by atoms with Gasteiger partial charge in [-0.25, -0.2) is 0 Å². The van der Waals surface area contributed by atoms with Crippen molar-refractivity contribution in [2.45, 2.75) is 19.6 Å². The lowest BCUT2D eigenvalue weighted by molar-refractivity contribution is -0.113. The quantitative estimate of drug-likeness (QED) is 0.906. The van der Waals surface area contributed by atoms with E-state index >= 15 is 0 Å². The van der Waals surface area contributed by atoms with E-state index in [9.17, 15) is 4.79 Å². The minimum Gasteiger partial charge on any atom is -0.325 e. The van der Waals surface area contributed by atoms with Gasteiger partial charge in [-0.15, -0.1) is 11.8 Å². The van der Waals surface area contributed by atoms with Crippen LogP contribution in [-0.4, -0.2) is 11.7 Å². The molecular weight excluding hydrogens is 292 g/mol. The van der Waals surface area contributed by atoms with Crippen molar-refractivity contribution in [3.63, 3.8) is 0 Å². The highest BCUT2D eigenvalue weighted by atomic mass is 32.2. The number of carbonyl (C=O) groups excluding carboxylic acids is 1. The molecule has 112 valence electrons. The average Bonchev–Trinajstić information content (AvgIpc) is 2.51. The number of nitriles is 1. The molecule has 2 aromatic carbocycles. The predicted octanol–water partition coefficient (Wildman–Crippen LogP) is 4.05. The number of hydrogen-bond donors (Lipinski definition) is 1. The van der Waals surface area contributed by atoms with Gasteiger partial charge in [0.15, 0.2) is 0 Å². The highest BCUT2D eigenvalue weighted by molar-refractivity contribution is 7.99. The van der Waals surface area contributed by atoms with Crippen molar-refractivity contribution in [1.29, 1.82) is 5.26 Å². The molecule has 0 aliphatic rings. The van der Waals surface area contributed by atoms with Gasteiger partial charge in [0.1, 0.15) is 0 Å². The number of nitrogens with one attached hydrogen (secondary N) is 1. The van der Waals surface area contributed by atoms with Gasteiger partial charge < -0.3 is 5.32 Å².